The monoisotopic (exact) mass is 470 g/mol. The molecular weight excluding hydrogens is 422 g/mol. The summed E-state index contributed by atoms with van der Waals surface area (Å²) in [4.78, 5) is 22.2. The summed E-state index contributed by atoms with van der Waals surface area (Å²) in [5, 5.41) is 0. The summed E-state index contributed by atoms with van der Waals surface area (Å²) in [6, 6.07) is 0. The Labute approximate surface area is 214 Å². The Kier molecular flexibility index (Phi) is 27.5. The first kappa shape index (κ1) is 33.8. The topological polar surface area (TPSA) is 75.7 Å². The van der Waals surface area contributed by atoms with E-state index in [1.807, 2.05) is 0 Å². The van der Waals surface area contributed by atoms with Gasteiger partial charge in [0.15, 0.2) is 0 Å². The minimum absolute atomic E-state index is 0. The van der Waals surface area contributed by atoms with E-state index in [4.69, 9.17) is 4.74 Å². The molecule has 0 aliphatic carbocycles. The van der Waals surface area contributed by atoms with Crippen molar-refractivity contribution in [1.29, 1.82) is 0 Å². The maximum Gasteiger partial charge on any atom is 1.00 e. The molecule has 0 saturated carbocycles. The Morgan fingerprint density at radius 3 is 1.23 bits per heavy atom. The summed E-state index contributed by atoms with van der Waals surface area (Å²) in [5.41, 5.74) is -1.26. The van der Waals surface area contributed by atoms with Crippen LogP contribution >= 0.6 is 7.60 Å². The molecule has 0 aromatic heterocycles. The van der Waals surface area contributed by atoms with Crippen molar-refractivity contribution >= 4 is 13.3 Å². The van der Waals surface area contributed by atoms with Crippen LogP contribution in [0.1, 0.15) is 135 Å². The van der Waals surface area contributed by atoms with E-state index in [0.29, 0.717) is 6.42 Å². The summed E-state index contributed by atoms with van der Waals surface area (Å²) >= 11 is 0. The SMILES string of the molecule is CCCCCCCCCCCCCCCCCCCCCCOC(=O)P(=O)([O-])OC.[Na+]. The minimum Gasteiger partial charge on any atom is -0.770 e. The summed E-state index contributed by atoms with van der Waals surface area (Å²) in [6.07, 6.45) is 26.2. The average Bonchev–Trinajstić information content (AvgIpc) is 2.74. The standard InChI is InChI=1S/C24H49O5P.Na/c1-3-4-5-6-7-8-9-10-11-12-13-14-15-16-17-18-19-20-21-22-23-29-24(25)30(26,27)28-2;/h3-23H2,1-2H3,(H,26,27);/q;+1/p-1. The Morgan fingerprint density at radius 1 is 0.645 bits per heavy atom. The van der Waals surface area contributed by atoms with Gasteiger partial charge < -0.3 is 14.2 Å². The molecule has 0 saturated heterocycles. The van der Waals surface area contributed by atoms with Gasteiger partial charge in [0.1, 0.15) is 0 Å². The van der Waals surface area contributed by atoms with Crippen molar-refractivity contribution in [3.8, 4) is 0 Å². The van der Waals surface area contributed by atoms with Crippen LogP contribution in [0.2, 0.25) is 0 Å². The molecule has 0 amide bonds. The van der Waals surface area contributed by atoms with Crippen LogP contribution in [0, 0.1) is 0 Å². The molecule has 180 valence electrons. The molecule has 0 rings (SSSR count). The van der Waals surface area contributed by atoms with E-state index in [1.165, 1.54) is 109 Å². The number of ether oxygens (including phenoxy) is 1. The number of carbonyl (C=O) groups is 1. The molecule has 0 radical (unpaired) electrons. The van der Waals surface area contributed by atoms with Gasteiger partial charge in [-0.2, -0.15) is 0 Å². The zero-order valence-corrected chi connectivity index (χ0v) is 23.7. The third-order valence-corrected chi connectivity index (χ3v) is 6.74. The first-order valence-corrected chi connectivity index (χ1v) is 14.1. The Morgan fingerprint density at radius 2 is 0.935 bits per heavy atom. The van der Waals surface area contributed by atoms with Crippen LogP contribution in [0.4, 0.5) is 4.79 Å². The van der Waals surface area contributed by atoms with Crippen molar-refractivity contribution in [2.24, 2.45) is 0 Å². The first-order chi connectivity index (χ1) is 14.5. The molecule has 0 aromatic rings. The molecular formula is C24H48NaO5P. The second-order valence-corrected chi connectivity index (χ2v) is 10.2. The van der Waals surface area contributed by atoms with Gasteiger partial charge in [-0.3, -0.25) is 4.57 Å². The Bertz CT molecular complexity index is 434. The molecule has 5 nitrogen and oxygen atoms in total. The van der Waals surface area contributed by atoms with Gasteiger partial charge >= 0.3 is 35.3 Å². The second kappa shape index (κ2) is 25.2. The summed E-state index contributed by atoms with van der Waals surface area (Å²) in [7, 11) is -3.51. The van der Waals surface area contributed by atoms with E-state index in [-0.39, 0.29) is 36.2 Å². The van der Waals surface area contributed by atoms with Crippen LogP contribution in [0.25, 0.3) is 0 Å². The fraction of sp³-hybridized carbons (Fsp3) is 0.958. The summed E-state index contributed by atoms with van der Waals surface area (Å²) in [5.74, 6) is 0. The Balaban J connectivity index is 0. The molecule has 31 heavy (non-hydrogen) atoms. The van der Waals surface area contributed by atoms with Crippen LogP contribution in [-0.2, 0) is 13.8 Å². The Hall–Kier alpha value is 0.620. The van der Waals surface area contributed by atoms with E-state index in [1.54, 1.807) is 0 Å². The third kappa shape index (κ3) is 23.6. The quantitative estimate of drug-likeness (QED) is 0.117. The molecule has 0 aliphatic rings. The molecule has 1 unspecified atom stereocenters. The number of unbranched alkanes of at least 4 members (excludes halogenated alkanes) is 19. The fourth-order valence-corrected chi connectivity index (χ4v) is 4.07. The largest absolute Gasteiger partial charge is 1.00 e. The molecule has 0 aromatic carbocycles. The van der Waals surface area contributed by atoms with E-state index >= 15 is 0 Å². The average molecular weight is 471 g/mol. The van der Waals surface area contributed by atoms with Crippen LogP contribution in [0.5, 0.6) is 0 Å². The van der Waals surface area contributed by atoms with Crippen molar-refractivity contribution in [1.82, 2.24) is 0 Å². The maximum absolute atomic E-state index is 11.2. The molecule has 0 heterocycles. The number of hydrogen-bond donors (Lipinski definition) is 0. The molecule has 0 fully saturated rings. The number of rotatable bonds is 23. The van der Waals surface area contributed by atoms with E-state index in [2.05, 4.69) is 11.4 Å². The van der Waals surface area contributed by atoms with Gasteiger partial charge in [0.2, 0.25) is 7.60 Å². The smallest absolute Gasteiger partial charge is 0.770 e. The number of hydrogen-bond acceptors (Lipinski definition) is 5. The van der Waals surface area contributed by atoms with E-state index < -0.39 is 13.3 Å². The van der Waals surface area contributed by atoms with Crippen molar-refractivity contribution in [3.63, 3.8) is 0 Å². The third-order valence-electron chi connectivity index (χ3n) is 5.69. The van der Waals surface area contributed by atoms with Gasteiger partial charge in [0.25, 0.3) is 0 Å². The van der Waals surface area contributed by atoms with Gasteiger partial charge in [-0.25, -0.2) is 4.79 Å². The van der Waals surface area contributed by atoms with Crippen molar-refractivity contribution in [3.05, 3.63) is 0 Å². The molecule has 1 atom stereocenters. The predicted octanol–water partition coefficient (Wildman–Crippen LogP) is 5.15. The molecule has 0 aliphatic heterocycles. The number of carbonyl (C=O) groups excluding carboxylic acids is 1. The molecule has 0 spiro atoms. The van der Waals surface area contributed by atoms with Gasteiger partial charge in [0.05, 0.1) is 6.61 Å². The molecule has 0 bridgehead atoms. The maximum atomic E-state index is 11.2. The molecule has 0 N–H and O–H groups in total. The van der Waals surface area contributed by atoms with Crippen LogP contribution in [-0.4, -0.2) is 19.4 Å². The molecule has 7 heteroatoms. The van der Waals surface area contributed by atoms with E-state index in [0.717, 1.165) is 20.0 Å². The van der Waals surface area contributed by atoms with Crippen LogP contribution in [0.15, 0.2) is 0 Å². The van der Waals surface area contributed by atoms with Crippen LogP contribution < -0.4 is 34.5 Å². The normalized spacial score (nSPS) is 12.9. The van der Waals surface area contributed by atoms with Gasteiger partial charge in [0, 0.05) is 7.11 Å². The summed E-state index contributed by atoms with van der Waals surface area (Å²) in [6.45, 7) is 2.42. The zero-order valence-electron chi connectivity index (χ0n) is 20.8. The van der Waals surface area contributed by atoms with Gasteiger partial charge in [-0.05, 0) is 6.42 Å². The zero-order chi connectivity index (χ0) is 22.3. The van der Waals surface area contributed by atoms with E-state index in [9.17, 15) is 14.3 Å². The minimum atomic E-state index is -4.47. The summed E-state index contributed by atoms with van der Waals surface area (Å²) < 4.78 is 19.9. The first-order valence-electron chi connectivity index (χ1n) is 12.6. The van der Waals surface area contributed by atoms with Crippen molar-refractivity contribution in [2.75, 3.05) is 13.7 Å². The predicted molar refractivity (Wildman–Crippen MR) is 124 cm³/mol. The van der Waals surface area contributed by atoms with Gasteiger partial charge in [-0.1, -0.05) is 129 Å². The van der Waals surface area contributed by atoms with Gasteiger partial charge in [-0.15, -0.1) is 0 Å². The van der Waals surface area contributed by atoms with Crippen molar-refractivity contribution in [2.45, 2.75) is 135 Å². The van der Waals surface area contributed by atoms with Crippen molar-refractivity contribution < 1.29 is 53.1 Å². The second-order valence-electron chi connectivity index (χ2n) is 8.51. The van der Waals surface area contributed by atoms with Crippen LogP contribution in [0.3, 0.4) is 0 Å². The fourth-order valence-electron chi connectivity index (χ4n) is 3.67.